The van der Waals surface area contributed by atoms with Gasteiger partial charge >= 0.3 is 0 Å². The van der Waals surface area contributed by atoms with Crippen molar-refractivity contribution in [1.29, 1.82) is 0 Å². The number of halogens is 1. The van der Waals surface area contributed by atoms with Crippen molar-refractivity contribution in [2.75, 3.05) is 39.5 Å². The summed E-state index contributed by atoms with van der Waals surface area (Å²) in [6.07, 6.45) is 4.64. The second-order valence-electron chi connectivity index (χ2n) is 9.88. The van der Waals surface area contributed by atoms with E-state index in [2.05, 4.69) is 10.2 Å². The lowest BCUT2D eigenvalue weighted by Crippen LogP contribution is -2.40. The normalized spacial score (nSPS) is 15.9. The van der Waals surface area contributed by atoms with E-state index in [1.165, 1.54) is 4.57 Å². The number of likely N-dealkylation sites (N-methyl/N-ethyl adjacent to an activating group) is 1. The molecule has 202 valence electrons. The Labute approximate surface area is 225 Å². The first-order valence-electron chi connectivity index (χ1n) is 12.8. The molecule has 1 amide bonds. The number of carbonyl (C=O) groups is 1. The molecule has 10 heteroatoms. The van der Waals surface area contributed by atoms with Gasteiger partial charge in [-0.15, -0.1) is 0 Å². The van der Waals surface area contributed by atoms with Crippen LogP contribution in [0.1, 0.15) is 18.9 Å². The summed E-state index contributed by atoms with van der Waals surface area (Å²) in [4.78, 5) is 29.5. The molecular weight excluding hydrogens is 499 g/mol. The van der Waals surface area contributed by atoms with Gasteiger partial charge in [-0.2, -0.15) is 9.49 Å². The number of amides is 1. The second kappa shape index (κ2) is 11.1. The van der Waals surface area contributed by atoms with Crippen LogP contribution >= 0.6 is 0 Å². The predicted molar refractivity (Wildman–Crippen MR) is 149 cm³/mol. The zero-order chi connectivity index (χ0) is 27.5. The van der Waals surface area contributed by atoms with Gasteiger partial charge in [0.25, 0.3) is 5.56 Å². The SMILES string of the molecule is CN(C)CC=CC(=O)N1CCC[C@@H](n2c(F)c(-c3ccc(Oc4ccccc4)cc3)c3c(N)n[nH]c(=O)c32)C1. The highest BCUT2D eigenvalue weighted by molar-refractivity contribution is 6.02. The fraction of sp³-hybridized carbons (Fsp3) is 0.276. The van der Waals surface area contributed by atoms with E-state index in [0.717, 1.165) is 0 Å². The van der Waals surface area contributed by atoms with Crippen molar-refractivity contribution in [2.24, 2.45) is 0 Å². The molecule has 0 radical (unpaired) electrons. The van der Waals surface area contributed by atoms with Crippen LogP contribution in [0.4, 0.5) is 10.2 Å². The van der Waals surface area contributed by atoms with Crippen molar-refractivity contribution >= 4 is 22.6 Å². The molecule has 0 spiro atoms. The van der Waals surface area contributed by atoms with Crippen LogP contribution in [0.2, 0.25) is 0 Å². The molecule has 0 bridgehead atoms. The molecule has 1 aliphatic heterocycles. The van der Waals surface area contributed by atoms with Crippen molar-refractivity contribution in [1.82, 2.24) is 24.6 Å². The van der Waals surface area contributed by atoms with Crippen molar-refractivity contribution in [2.45, 2.75) is 18.9 Å². The van der Waals surface area contributed by atoms with E-state index in [9.17, 15) is 9.59 Å². The number of hydrogen-bond donors (Lipinski definition) is 2. The quantitative estimate of drug-likeness (QED) is 0.347. The molecule has 0 unspecified atom stereocenters. The molecule has 1 fully saturated rings. The predicted octanol–water partition coefficient (Wildman–Crippen LogP) is 4.19. The maximum atomic E-state index is 16.4. The molecule has 4 aromatic rings. The van der Waals surface area contributed by atoms with Gasteiger partial charge in [-0.25, -0.2) is 5.10 Å². The van der Waals surface area contributed by atoms with E-state index in [0.29, 0.717) is 43.0 Å². The van der Waals surface area contributed by atoms with Crippen LogP contribution in [0.3, 0.4) is 0 Å². The third-order valence-corrected chi connectivity index (χ3v) is 6.82. The smallest absolute Gasteiger partial charge is 0.288 e. The summed E-state index contributed by atoms with van der Waals surface area (Å²) in [6.45, 7) is 1.48. The van der Waals surface area contributed by atoms with Gasteiger partial charge in [0, 0.05) is 31.3 Å². The van der Waals surface area contributed by atoms with E-state index < -0.39 is 17.5 Å². The zero-order valence-corrected chi connectivity index (χ0v) is 21.9. The summed E-state index contributed by atoms with van der Waals surface area (Å²) < 4.78 is 23.6. The molecule has 1 aliphatic rings. The van der Waals surface area contributed by atoms with Crippen LogP contribution in [0, 0.1) is 5.95 Å². The summed E-state index contributed by atoms with van der Waals surface area (Å²) in [5, 5.41) is 6.56. The molecule has 9 nitrogen and oxygen atoms in total. The van der Waals surface area contributed by atoms with Gasteiger partial charge in [-0.05, 0) is 56.8 Å². The van der Waals surface area contributed by atoms with Gasteiger partial charge < -0.3 is 24.8 Å². The number of rotatable bonds is 7. The first-order chi connectivity index (χ1) is 18.8. The number of para-hydroxylation sites is 1. The van der Waals surface area contributed by atoms with E-state index in [-0.39, 0.29) is 34.7 Å². The average molecular weight is 531 g/mol. The van der Waals surface area contributed by atoms with Crippen LogP contribution in [0.5, 0.6) is 11.5 Å². The minimum Gasteiger partial charge on any atom is -0.457 e. The van der Waals surface area contributed by atoms with Crippen molar-refractivity contribution in [3.05, 3.63) is 83.1 Å². The first kappa shape index (κ1) is 26.2. The minimum atomic E-state index is -0.589. The van der Waals surface area contributed by atoms with Gasteiger partial charge in [-0.1, -0.05) is 36.4 Å². The summed E-state index contributed by atoms with van der Waals surface area (Å²) in [6, 6.07) is 15.8. The Hall–Kier alpha value is -4.44. The van der Waals surface area contributed by atoms with E-state index in [1.807, 2.05) is 49.3 Å². The maximum absolute atomic E-state index is 16.4. The molecule has 3 N–H and O–H groups in total. The van der Waals surface area contributed by atoms with Gasteiger partial charge in [0.05, 0.1) is 11.4 Å². The standard InChI is InChI=1S/C29H31FN6O3/c1-34(2)16-7-11-23(37)35-17-6-8-20(18-35)36-26-25(28(31)32-33-29(26)38)24(27(36)30)19-12-14-22(15-13-19)39-21-9-4-3-5-10-21/h3-5,7,9-15,20H,6,8,16-18H2,1-2H3,(H2,31,32)(H,33,38)/t20-/m1/s1. The number of anilines is 1. The third-order valence-electron chi connectivity index (χ3n) is 6.82. The number of hydrogen-bond acceptors (Lipinski definition) is 6. The van der Waals surface area contributed by atoms with Crippen LogP contribution in [-0.4, -0.2) is 64.2 Å². The Balaban J connectivity index is 1.51. The Morgan fingerprint density at radius 2 is 1.90 bits per heavy atom. The molecule has 5 rings (SSSR count). The lowest BCUT2D eigenvalue weighted by Gasteiger charge is -2.33. The maximum Gasteiger partial charge on any atom is 0.288 e. The average Bonchev–Trinajstić information content (AvgIpc) is 3.25. The number of nitrogens with two attached hydrogens (primary N) is 1. The van der Waals surface area contributed by atoms with Crippen molar-refractivity contribution in [3.8, 4) is 22.6 Å². The number of nitrogen functional groups attached to an aromatic ring is 1. The van der Waals surface area contributed by atoms with Crippen molar-refractivity contribution < 1.29 is 13.9 Å². The number of ether oxygens (including phenoxy) is 1. The number of nitrogens with one attached hydrogen (secondary N) is 1. The molecular formula is C29H31FN6O3. The second-order valence-corrected chi connectivity index (χ2v) is 9.88. The summed E-state index contributed by atoms with van der Waals surface area (Å²) >= 11 is 0. The number of piperidine rings is 1. The van der Waals surface area contributed by atoms with Gasteiger partial charge in [0.15, 0.2) is 5.82 Å². The number of H-pyrrole nitrogens is 1. The fourth-order valence-electron chi connectivity index (χ4n) is 5.01. The van der Waals surface area contributed by atoms with Crippen molar-refractivity contribution in [3.63, 3.8) is 0 Å². The number of nitrogens with zero attached hydrogens (tertiary/aromatic N) is 4. The highest BCUT2D eigenvalue weighted by Gasteiger charge is 2.31. The van der Waals surface area contributed by atoms with Crippen LogP contribution < -0.4 is 16.0 Å². The number of aromatic nitrogens is 3. The molecule has 3 heterocycles. The monoisotopic (exact) mass is 530 g/mol. The lowest BCUT2D eigenvalue weighted by atomic mass is 10.0. The first-order valence-corrected chi connectivity index (χ1v) is 12.8. The van der Waals surface area contributed by atoms with E-state index >= 15 is 4.39 Å². The van der Waals surface area contributed by atoms with Gasteiger partial charge in [-0.3, -0.25) is 9.59 Å². The molecule has 2 aromatic carbocycles. The van der Waals surface area contributed by atoms with Gasteiger partial charge in [0.2, 0.25) is 11.9 Å². The molecule has 0 aliphatic carbocycles. The lowest BCUT2D eigenvalue weighted by molar-refractivity contribution is -0.127. The summed E-state index contributed by atoms with van der Waals surface area (Å²) in [7, 11) is 3.84. The summed E-state index contributed by atoms with van der Waals surface area (Å²) in [5.41, 5.74) is 6.50. The van der Waals surface area contributed by atoms with Crippen LogP contribution in [-0.2, 0) is 4.79 Å². The van der Waals surface area contributed by atoms with Crippen LogP contribution in [0.25, 0.3) is 22.0 Å². The molecule has 0 saturated carbocycles. The Morgan fingerprint density at radius 3 is 2.62 bits per heavy atom. The number of likely N-dealkylation sites (tertiary alicyclic amines) is 1. The molecule has 39 heavy (non-hydrogen) atoms. The number of aromatic amines is 1. The van der Waals surface area contributed by atoms with Crippen LogP contribution in [0.15, 0.2) is 71.5 Å². The summed E-state index contributed by atoms with van der Waals surface area (Å²) in [5.74, 6) is 0.567. The Kier molecular flexibility index (Phi) is 7.47. The highest BCUT2D eigenvalue weighted by atomic mass is 19.1. The topological polar surface area (TPSA) is 109 Å². The number of carbonyl (C=O) groups excluding carboxylic acids is 1. The number of fused-ring (bicyclic) bond motifs is 1. The highest BCUT2D eigenvalue weighted by Crippen LogP contribution is 2.39. The molecule has 1 saturated heterocycles. The minimum absolute atomic E-state index is 0.0252. The largest absolute Gasteiger partial charge is 0.457 e. The van der Waals surface area contributed by atoms with E-state index in [4.69, 9.17) is 10.5 Å². The Morgan fingerprint density at radius 1 is 1.18 bits per heavy atom. The fourth-order valence-corrected chi connectivity index (χ4v) is 5.01. The zero-order valence-electron chi connectivity index (χ0n) is 21.9. The molecule has 2 aromatic heterocycles. The Bertz CT molecular complexity index is 1560. The van der Waals surface area contributed by atoms with Gasteiger partial charge in [0.1, 0.15) is 17.0 Å². The third kappa shape index (κ3) is 5.42. The molecule has 1 atom stereocenters. The number of benzene rings is 2. The van der Waals surface area contributed by atoms with E-state index in [1.54, 1.807) is 41.3 Å².